The Hall–Kier alpha value is -1.51. The number of Topliss-reactive ketones (excluding diaryl/α,β-unsaturated/α-hetero) is 1. The fourth-order valence-corrected chi connectivity index (χ4v) is 1.76. The van der Waals surface area contributed by atoms with Gasteiger partial charge in [0.25, 0.3) is 0 Å². The molecule has 0 N–H and O–H groups in total. The van der Waals surface area contributed by atoms with Crippen LogP contribution in [0.4, 0.5) is 0 Å². The Morgan fingerprint density at radius 3 is 2.71 bits per heavy atom. The van der Waals surface area contributed by atoms with Crippen LogP contribution in [0.1, 0.15) is 18.4 Å². The van der Waals surface area contributed by atoms with Crippen molar-refractivity contribution in [2.75, 3.05) is 6.54 Å². The molecule has 2 atom stereocenters. The van der Waals surface area contributed by atoms with Crippen LogP contribution in [0.3, 0.4) is 0 Å². The average Bonchev–Trinajstić information content (AvgIpc) is 2.67. The largest absolute Gasteiger partial charge is 0.298 e. The zero-order chi connectivity index (χ0) is 9.97. The standard InChI is InChI=1S/C11H12N2O/c1-8(14)11-10(7-12-13-11)9-5-3-2-4-6-9/h2-6,10-11H,7H2,1H3/t10-,11+/m1/s1. The molecule has 14 heavy (non-hydrogen) atoms. The molecule has 0 amide bonds. The van der Waals surface area contributed by atoms with E-state index >= 15 is 0 Å². The summed E-state index contributed by atoms with van der Waals surface area (Å²) in [5, 5.41) is 7.92. The summed E-state index contributed by atoms with van der Waals surface area (Å²) in [5.74, 6) is 0.244. The molecule has 0 aromatic heterocycles. The summed E-state index contributed by atoms with van der Waals surface area (Å²) >= 11 is 0. The Bertz CT molecular complexity index is 359. The van der Waals surface area contributed by atoms with Crippen molar-refractivity contribution in [1.29, 1.82) is 0 Å². The minimum Gasteiger partial charge on any atom is -0.298 e. The zero-order valence-corrected chi connectivity index (χ0v) is 8.05. The van der Waals surface area contributed by atoms with E-state index in [1.165, 1.54) is 0 Å². The van der Waals surface area contributed by atoms with Gasteiger partial charge in [0.15, 0.2) is 5.78 Å². The van der Waals surface area contributed by atoms with E-state index in [0.29, 0.717) is 6.54 Å². The SMILES string of the molecule is CC(=O)[C@@H]1N=NC[C@@H]1c1ccccc1. The fourth-order valence-electron chi connectivity index (χ4n) is 1.76. The summed E-state index contributed by atoms with van der Waals surface area (Å²) in [6, 6.07) is 9.71. The third-order valence-corrected chi connectivity index (χ3v) is 2.51. The van der Waals surface area contributed by atoms with Crippen LogP contribution >= 0.6 is 0 Å². The second-order valence-corrected chi connectivity index (χ2v) is 3.51. The second-order valence-electron chi connectivity index (χ2n) is 3.51. The first-order valence-electron chi connectivity index (χ1n) is 4.71. The molecule has 3 nitrogen and oxygen atoms in total. The molecule has 2 rings (SSSR count). The monoisotopic (exact) mass is 188 g/mol. The van der Waals surface area contributed by atoms with Crippen LogP contribution in [0.5, 0.6) is 0 Å². The summed E-state index contributed by atoms with van der Waals surface area (Å²) in [5.41, 5.74) is 1.15. The van der Waals surface area contributed by atoms with Crippen molar-refractivity contribution in [2.24, 2.45) is 10.2 Å². The number of benzene rings is 1. The highest BCUT2D eigenvalue weighted by Gasteiger charge is 2.30. The molecule has 1 aliphatic heterocycles. The van der Waals surface area contributed by atoms with Crippen LogP contribution in [-0.2, 0) is 4.79 Å². The van der Waals surface area contributed by atoms with E-state index in [1.807, 2.05) is 30.3 Å². The van der Waals surface area contributed by atoms with E-state index in [1.54, 1.807) is 6.92 Å². The number of hydrogen-bond donors (Lipinski definition) is 0. The van der Waals surface area contributed by atoms with Crippen LogP contribution in [-0.4, -0.2) is 18.4 Å². The molecule has 0 bridgehead atoms. The molecule has 0 saturated heterocycles. The molecule has 0 radical (unpaired) electrons. The van der Waals surface area contributed by atoms with Gasteiger partial charge >= 0.3 is 0 Å². The number of azo groups is 1. The maximum atomic E-state index is 11.3. The van der Waals surface area contributed by atoms with Crippen molar-refractivity contribution in [3.8, 4) is 0 Å². The minimum atomic E-state index is -0.266. The highest BCUT2D eigenvalue weighted by atomic mass is 16.1. The van der Waals surface area contributed by atoms with Gasteiger partial charge in [-0.05, 0) is 12.5 Å². The molecule has 0 saturated carbocycles. The van der Waals surface area contributed by atoms with Gasteiger partial charge in [-0.25, -0.2) is 0 Å². The van der Waals surface area contributed by atoms with Crippen molar-refractivity contribution in [3.05, 3.63) is 35.9 Å². The zero-order valence-electron chi connectivity index (χ0n) is 8.05. The van der Waals surface area contributed by atoms with Crippen LogP contribution in [0.2, 0.25) is 0 Å². The van der Waals surface area contributed by atoms with Crippen molar-refractivity contribution in [3.63, 3.8) is 0 Å². The van der Waals surface area contributed by atoms with Gasteiger partial charge < -0.3 is 0 Å². The normalized spacial score (nSPS) is 25.2. The Kier molecular flexibility index (Phi) is 2.39. The first-order chi connectivity index (χ1) is 6.79. The van der Waals surface area contributed by atoms with Gasteiger partial charge in [0, 0.05) is 5.92 Å². The number of rotatable bonds is 2. The lowest BCUT2D eigenvalue weighted by atomic mass is 9.91. The molecule has 72 valence electrons. The Balaban J connectivity index is 2.24. The van der Waals surface area contributed by atoms with Crippen molar-refractivity contribution in [1.82, 2.24) is 0 Å². The minimum absolute atomic E-state index is 0.0973. The number of carbonyl (C=O) groups excluding carboxylic acids is 1. The van der Waals surface area contributed by atoms with E-state index in [2.05, 4.69) is 10.2 Å². The Morgan fingerprint density at radius 1 is 1.36 bits per heavy atom. The van der Waals surface area contributed by atoms with Crippen LogP contribution < -0.4 is 0 Å². The van der Waals surface area contributed by atoms with Gasteiger partial charge in [0.2, 0.25) is 0 Å². The molecular formula is C11H12N2O. The third kappa shape index (κ3) is 1.58. The molecule has 0 fully saturated rings. The number of hydrogen-bond acceptors (Lipinski definition) is 3. The van der Waals surface area contributed by atoms with Crippen molar-refractivity contribution in [2.45, 2.75) is 18.9 Å². The molecule has 0 aliphatic carbocycles. The topological polar surface area (TPSA) is 41.8 Å². The van der Waals surface area contributed by atoms with Crippen LogP contribution in [0.25, 0.3) is 0 Å². The van der Waals surface area contributed by atoms with E-state index in [-0.39, 0.29) is 17.7 Å². The second kappa shape index (κ2) is 3.70. The summed E-state index contributed by atoms with van der Waals surface area (Å²) in [7, 11) is 0. The van der Waals surface area contributed by atoms with Crippen molar-refractivity contribution >= 4 is 5.78 Å². The summed E-state index contributed by atoms with van der Waals surface area (Å²) in [6.45, 7) is 2.21. The van der Waals surface area contributed by atoms with E-state index in [4.69, 9.17) is 0 Å². The molecule has 0 unspecified atom stereocenters. The molecule has 1 aromatic rings. The highest BCUT2D eigenvalue weighted by Crippen LogP contribution is 2.27. The fraction of sp³-hybridized carbons (Fsp3) is 0.364. The smallest absolute Gasteiger partial charge is 0.156 e. The third-order valence-electron chi connectivity index (χ3n) is 2.51. The molecule has 1 aromatic carbocycles. The summed E-state index contributed by atoms with van der Waals surface area (Å²) in [4.78, 5) is 11.3. The maximum absolute atomic E-state index is 11.3. The lowest BCUT2D eigenvalue weighted by Gasteiger charge is -2.13. The quantitative estimate of drug-likeness (QED) is 0.701. The molecule has 0 spiro atoms. The maximum Gasteiger partial charge on any atom is 0.156 e. The van der Waals surface area contributed by atoms with Crippen LogP contribution in [0, 0.1) is 0 Å². The van der Waals surface area contributed by atoms with E-state index in [9.17, 15) is 4.79 Å². The number of ketones is 1. The van der Waals surface area contributed by atoms with Crippen molar-refractivity contribution < 1.29 is 4.79 Å². The first-order valence-corrected chi connectivity index (χ1v) is 4.71. The van der Waals surface area contributed by atoms with E-state index < -0.39 is 0 Å². The van der Waals surface area contributed by atoms with E-state index in [0.717, 1.165) is 5.56 Å². The Labute approximate surface area is 82.9 Å². The molecule has 1 aliphatic rings. The molecular weight excluding hydrogens is 176 g/mol. The Morgan fingerprint density at radius 2 is 2.07 bits per heavy atom. The van der Waals surface area contributed by atoms with Crippen LogP contribution in [0.15, 0.2) is 40.6 Å². The van der Waals surface area contributed by atoms with Gasteiger partial charge in [0.1, 0.15) is 6.04 Å². The van der Waals surface area contributed by atoms with Gasteiger partial charge in [-0.15, -0.1) is 0 Å². The van der Waals surface area contributed by atoms with Gasteiger partial charge in [-0.3, -0.25) is 4.79 Å². The van der Waals surface area contributed by atoms with Gasteiger partial charge in [-0.1, -0.05) is 30.3 Å². The first kappa shape index (κ1) is 9.06. The average molecular weight is 188 g/mol. The predicted octanol–water partition coefficient (Wildman–Crippen LogP) is 2.19. The molecule has 1 heterocycles. The predicted molar refractivity (Wildman–Crippen MR) is 53.4 cm³/mol. The lowest BCUT2D eigenvalue weighted by Crippen LogP contribution is -2.22. The van der Waals surface area contributed by atoms with Gasteiger partial charge in [0.05, 0.1) is 6.54 Å². The number of nitrogens with zero attached hydrogens (tertiary/aromatic N) is 2. The highest BCUT2D eigenvalue weighted by molar-refractivity contribution is 5.83. The van der Waals surface area contributed by atoms with Gasteiger partial charge in [-0.2, -0.15) is 10.2 Å². The lowest BCUT2D eigenvalue weighted by molar-refractivity contribution is -0.118. The summed E-state index contributed by atoms with van der Waals surface area (Å²) in [6.07, 6.45) is 0. The molecule has 3 heteroatoms. The number of carbonyl (C=O) groups is 1. The summed E-state index contributed by atoms with van der Waals surface area (Å²) < 4.78 is 0.